The third-order valence-electron chi connectivity index (χ3n) is 13.8. The minimum absolute atomic E-state index is 0.0817. The van der Waals surface area contributed by atoms with Crippen molar-refractivity contribution in [3.8, 4) is 0 Å². The van der Waals surface area contributed by atoms with Crippen LogP contribution in [0.4, 0.5) is 0 Å². The average molecular weight is 1100 g/mol. The van der Waals surface area contributed by atoms with Gasteiger partial charge in [-0.05, 0) is 128 Å². The van der Waals surface area contributed by atoms with Crippen molar-refractivity contribution in [2.75, 3.05) is 13.2 Å². The molecule has 0 bridgehead atoms. The van der Waals surface area contributed by atoms with E-state index in [9.17, 15) is 14.7 Å². The zero-order chi connectivity index (χ0) is 57.6. The van der Waals surface area contributed by atoms with E-state index in [1.807, 2.05) is 0 Å². The van der Waals surface area contributed by atoms with Gasteiger partial charge in [0.1, 0.15) is 6.61 Å². The van der Waals surface area contributed by atoms with Crippen LogP contribution in [0.3, 0.4) is 0 Å². The Kier molecular flexibility index (Phi) is 64.9. The molecule has 0 aliphatic heterocycles. The van der Waals surface area contributed by atoms with Crippen LogP contribution in [0.25, 0.3) is 0 Å². The number of carbonyl (C=O) groups is 2. The number of hydrogen-bond acceptors (Lipinski definition) is 5. The minimum atomic E-state index is -0.795. The first-order valence-corrected chi connectivity index (χ1v) is 33.0. The molecule has 1 N–H and O–H groups in total. The maximum atomic E-state index is 12.3. The first-order valence-electron chi connectivity index (χ1n) is 33.0. The minimum Gasteiger partial charge on any atom is -0.462 e. The molecule has 5 nitrogen and oxygen atoms in total. The third kappa shape index (κ3) is 66.0. The summed E-state index contributed by atoms with van der Waals surface area (Å²) in [5.41, 5.74) is 0. The van der Waals surface area contributed by atoms with E-state index in [0.29, 0.717) is 12.8 Å². The molecule has 1 atom stereocenters. The van der Waals surface area contributed by atoms with Crippen LogP contribution in [0.1, 0.15) is 284 Å². The second-order valence-corrected chi connectivity index (χ2v) is 21.5. The summed E-state index contributed by atoms with van der Waals surface area (Å²) >= 11 is 0. The predicted molar refractivity (Wildman–Crippen MR) is 352 cm³/mol. The maximum Gasteiger partial charge on any atom is 0.306 e. The highest BCUT2D eigenvalue weighted by Crippen LogP contribution is 2.16. The van der Waals surface area contributed by atoms with Crippen LogP contribution < -0.4 is 0 Å². The molecule has 0 heterocycles. The molecule has 0 saturated carbocycles. The van der Waals surface area contributed by atoms with Crippen molar-refractivity contribution < 1.29 is 24.2 Å². The monoisotopic (exact) mass is 1100 g/mol. The number of aliphatic hydroxyl groups is 1. The molecule has 0 fully saturated rings. The van der Waals surface area contributed by atoms with Gasteiger partial charge in [0.2, 0.25) is 0 Å². The Morgan fingerprint density at radius 1 is 0.300 bits per heavy atom. The smallest absolute Gasteiger partial charge is 0.306 e. The normalized spacial score (nSPS) is 13.3. The second-order valence-electron chi connectivity index (χ2n) is 21.5. The van der Waals surface area contributed by atoms with Gasteiger partial charge >= 0.3 is 11.9 Å². The highest BCUT2D eigenvalue weighted by molar-refractivity contribution is 5.70. The largest absolute Gasteiger partial charge is 0.462 e. The summed E-state index contributed by atoms with van der Waals surface area (Å²) in [5.74, 6) is -0.616. The van der Waals surface area contributed by atoms with Crippen molar-refractivity contribution in [3.05, 3.63) is 158 Å². The second kappa shape index (κ2) is 68.8. The van der Waals surface area contributed by atoms with Gasteiger partial charge in [0.05, 0.1) is 6.61 Å². The van der Waals surface area contributed by atoms with Gasteiger partial charge in [-0.2, -0.15) is 0 Å². The summed E-state index contributed by atoms with van der Waals surface area (Å²) in [5, 5.41) is 9.69. The molecule has 0 rings (SSSR count). The lowest BCUT2D eigenvalue weighted by Gasteiger charge is -2.15. The molecule has 0 saturated heterocycles. The van der Waals surface area contributed by atoms with Gasteiger partial charge in [0, 0.05) is 12.8 Å². The fraction of sp³-hybridized carbons (Fsp3) is 0.627. The molecule has 0 aromatic carbocycles. The van der Waals surface area contributed by atoms with E-state index in [1.165, 1.54) is 122 Å². The molecular weight excluding hydrogens is 981 g/mol. The van der Waals surface area contributed by atoms with E-state index in [-0.39, 0.29) is 25.2 Å². The number of carbonyl (C=O) groups excluding carboxylic acids is 2. The summed E-state index contributed by atoms with van der Waals surface area (Å²) in [6.07, 6.45) is 105. The standard InChI is InChI=1S/C75H122O5/c1-3-5-7-9-11-13-15-17-19-21-23-25-27-29-31-32-33-34-35-36-37-38-39-40-41-42-44-46-48-50-52-54-56-58-60-62-64-66-68-70-75(78)80-73(71-76)72-79-74(77)69-67-65-63-61-59-57-55-53-51-49-47-45-43-30-28-26-24-22-20-18-16-14-12-10-8-6-4-2/h5,7,11,13,16-19,22-25,29,31,33-34,36-37,39-40,42,44,48,50,54,56,73,76H,3-4,6,8-10,12,14-15,20-21,26-28,30,32,35,38,41,43,45-47,49,51-53,55,57-72H2,1-2H3/b7-5-,13-11-,18-16-,19-17-,24-22-,25-23-,31-29-,34-33-,37-36-,40-39-,44-42-,50-48-,56-54-. The van der Waals surface area contributed by atoms with Crippen molar-refractivity contribution in [1.29, 1.82) is 0 Å². The Bertz CT molecular complexity index is 1730. The molecule has 0 aliphatic rings. The Hall–Kier alpha value is -4.48. The lowest BCUT2D eigenvalue weighted by atomic mass is 10.0. The van der Waals surface area contributed by atoms with Crippen LogP contribution in [-0.4, -0.2) is 36.4 Å². The molecule has 80 heavy (non-hydrogen) atoms. The van der Waals surface area contributed by atoms with Crippen LogP contribution in [0.15, 0.2) is 158 Å². The number of unbranched alkanes of at least 4 members (excludes halogenated alkanes) is 25. The van der Waals surface area contributed by atoms with E-state index in [2.05, 4.69) is 172 Å². The molecule has 0 aromatic rings. The Morgan fingerprint density at radius 3 is 0.812 bits per heavy atom. The van der Waals surface area contributed by atoms with Gasteiger partial charge in [0.15, 0.2) is 6.10 Å². The summed E-state index contributed by atoms with van der Waals surface area (Å²) in [7, 11) is 0. The van der Waals surface area contributed by atoms with Crippen molar-refractivity contribution in [1.82, 2.24) is 0 Å². The zero-order valence-corrected chi connectivity index (χ0v) is 51.8. The van der Waals surface area contributed by atoms with Gasteiger partial charge in [0.25, 0.3) is 0 Å². The Labute approximate surface area is 494 Å². The van der Waals surface area contributed by atoms with Gasteiger partial charge < -0.3 is 14.6 Å². The lowest BCUT2D eigenvalue weighted by molar-refractivity contribution is -0.161. The molecular formula is C75H122O5. The van der Waals surface area contributed by atoms with Crippen molar-refractivity contribution in [2.24, 2.45) is 0 Å². The molecule has 0 radical (unpaired) electrons. The molecule has 0 spiro atoms. The molecule has 0 amide bonds. The fourth-order valence-corrected chi connectivity index (χ4v) is 8.89. The van der Waals surface area contributed by atoms with E-state index in [0.717, 1.165) is 135 Å². The van der Waals surface area contributed by atoms with Crippen LogP contribution in [0.2, 0.25) is 0 Å². The average Bonchev–Trinajstić information content (AvgIpc) is 3.46. The highest BCUT2D eigenvalue weighted by atomic mass is 16.6. The van der Waals surface area contributed by atoms with E-state index < -0.39 is 6.10 Å². The quantitative estimate of drug-likeness (QED) is 0.0373. The van der Waals surface area contributed by atoms with Crippen molar-refractivity contribution in [3.63, 3.8) is 0 Å². The number of rotatable bonds is 59. The fourth-order valence-electron chi connectivity index (χ4n) is 8.89. The molecule has 1 unspecified atom stereocenters. The number of esters is 2. The summed E-state index contributed by atoms with van der Waals surface area (Å²) in [4.78, 5) is 24.6. The Morgan fingerprint density at radius 2 is 0.537 bits per heavy atom. The van der Waals surface area contributed by atoms with E-state index >= 15 is 0 Å². The van der Waals surface area contributed by atoms with E-state index in [4.69, 9.17) is 9.47 Å². The number of allylic oxidation sites excluding steroid dienone is 26. The van der Waals surface area contributed by atoms with Gasteiger partial charge in [-0.15, -0.1) is 0 Å². The Balaban J connectivity index is 3.61. The van der Waals surface area contributed by atoms with Crippen LogP contribution in [0, 0.1) is 0 Å². The topological polar surface area (TPSA) is 72.8 Å². The molecule has 452 valence electrons. The first-order chi connectivity index (χ1) is 39.6. The number of aliphatic hydroxyl groups excluding tert-OH is 1. The van der Waals surface area contributed by atoms with Crippen molar-refractivity contribution >= 4 is 11.9 Å². The molecule has 0 aliphatic carbocycles. The SMILES string of the molecule is CC/C=C\C/C=C\C/C=C\C/C=C\C/C=C\C/C=C\C/C=C\C/C=C\C/C=C\C/C=C\C/C=C\CCCCCCCC(=O)OC(CO)COC(=O)CCCCCCCCCCCCCCCCC/C=C\C/C=C\CCCCCCC. The summed E-state index contributed by atoms with van der Waals surface area (Å²) in [6.45, 7) is 4.01. The maximum absolute atomic E-state index is 12.3. The summed E-state index contributed by atoms with van der Waals surface area (Å²) in [6, 6.07) is 0. The summed E-state index contributed by atoms with van der Waals surface area (Å²) < 4.78 is 10.7. The van der Waals surface area contributed by atoms with Gasteiger partial charge in [-0.25, -0.2) is 0 Å². The molecule has 0 aromatic heterocycles. The van der Waals surface area contributed by atoms with Crippen LogP contribution >= 0.6 is 0 Å². The molecule has 5 heteroatoms. The van der Waals surface area contributed by atoms with Crippen LogP contribution in [0.5, 0.6) is 0 Å². The van der Waals surface area contributed by atoms with Gasteiger partial charge in [-0.3, -0.25) is 9.59 Å². The highest BCUT2D eigenvalue weighted by Gasteiger charge is 2.16. The zero-order valence-electron chi connectivity index (χ0n) is 51.8. The third-order valence-corrected chi connectivity index (χ3v) is 13.8. The number of hydrogen-bond donors (Lipinski definition) is 1. The predicted octanol–water partition coefficient (Wildman–Crippen LogP) is 23.1. The number of ether oxygens (including phenoxy) is 2. The van der Waals surface area contributed by atoms with Crippen molar-refractivity contribution in [2.45, 2.75) is 290 Å². The van der Waals surface area contributed by atoms with E-state index in [1.54, 1.807) is 0 Å². The lowest BCUT2D eigenvalue weighted by Crippen LogP contribution is -2.28. The van der Waals surface area contributed by atoms with Gasteiger partial charge in [-0.1, -0.05) is 300 Å². The first kappa shape index (κ1) is 75.5. The van der Waals surface area contributed by atoms with Crippen LogP contribution in [-0.2, 0) is 19.1 Å².